The standard InChI is InChI=1S/C16H22FN3/c1-5-20-13(4)16(12(3)19-20)11(2)18-10-14-6-8-15(17)9-7-14/h6-9,11,18H,5,10H2,1-4H3. The van der Waals surface area contributed by atoms with E-state index in [-0.39, 0.29) is 11.9 Å². The number of aryl methyl sites for hydroxylation is 2. The van der Waals surface area contributed by atoms with Crippen molar-refractivity contribution < 1.29 is 4.39 Å². The monoisotopic (exact) mass is 275 g/mol. The molecule has 0 bridgehead atoms. The van der Waals surface area contributed by atoms with Gasteiger partial charge in [-0.05, 0) is 45.4 Å². The van der Waals surface area contributed by atoms with E-state index in [9.17, 15) is 4.39 Å². The Morgan fingerprint density at radius 1 is 1.25 bits per heavy atom. The van der Waals surface area contributed by atoms with E-state index in [1.165, 1.54) is 23.4 Å². The number of nitrogens with zero attached hydrogens (tertiary/aromatic N) is 2. The summed E-state index contributed by atoms with van der Waals surface area (Å²) in [5.41, 5.74) is 4.62. The van der Waals surface area contributed by atoms with Gasteiger partial charge >= 0.3 is 0 Å². The molecule has 4 heteroatoms. The van der Waals surface area contributed by atoms with Crippen molar-refractivity contribution in [3.05, 3.63) is 52.6 Å². The third-order valence-corrected chi connectivity index (χ3v) is 3.70. The van der Waals surface area contributed by atoms with Gasteiger partial charge in [0.1, 0.15) is 5.82 Å². The van der Waals surface area contributed by atoms with Gasteiger partial charge in [0.2, 0.25) is 0 Å². The van der Waals surface area contributed by atoms with Gasteiger partial charge in [0.25, 0.3) is 0 Å². The molecule has 3 nitrogen and oxygen atoms in total. The summed E-state index contributed by atoms with van der Waals surface area (Å²) in [7, 11) is 0. The molecule has 2 rings (SSSR count). The maximum Gasteiger partial charge on any atom is 0.123 e. The van der Waals surface area contributed by atoms with Crippen LogP contribution in [0.15, 0.2) is 24.3 Å². The fraction of sp³-hybridized carbons (Fsp3) is 0.438. The molecule has 1 N–H and O–H groups in total. The first-order chi connectivity index (χ1) is 9.52. The topological polar surface area (TPSA) is 29.9 Å². The lowest BCUT2D eigenvalue weighted by Gasteiger charge is -2.15. The summed E-state index contributed by atoms with van der Waals surface area (Å²) < 4.78 is 14.9. The van der Waals surface area contributed by atoms with Crippen LogP contribution >= 0.6 is 0 Å². The van der Waals surface area contributed by atoms with Crippen LogP contribution in [0, 0.1) is 19.7 Å². The van der Waals surface area contributed by atoms with Crippen LogP contribution in [0.25, 0.3) is 0 Å². The smallest absolute Gasteiger partial charge is 0.123 e. The predicted molar refractivity (Wildman–Crippen MR) is 79.0 cm³/mol. The van der Waals surface area contributed by atoms with Crippen LogP contribution in [0.5, 0.6) is 0 Å². The molecule has 1 aromatic carbocycles. The Kier molecular flexibility index (Phi) is 4.55. The summed E-state index contributed by atoms with van der Waals surface area (Å²) in [5.74, 6) is -0.197. The van der Waals surface area contributed by atoms with Gasteiger partial charge in [-0.2, -0.15) is 5.10 Å². The summed E-state index contributed by atoms with van der Waals surface area (Å²) in [6.07, 6.45) is 0. The summed E-state index contributed by atoms with van der Waals surface area (Å²) in [5, 5.41) is 8.02. The lowest BCUT2D eigenvalue weighted by atomic mass is 10.1. The van der Waals surface area contributed by atoms with E-state index in [0.717, 1.165) is 24.3 Å². The summed E-state index contributed by atoms with van der Waals surface area (Å²) in [4.78, 5) is 0. The zero-order chi connectivity index (χ0) is 14.7. The molecule has 0 aliphatic heterocycles. The Morgan fingerprint density at radius 2 is 1.90 bits per heavy atom. The van der Waals surface area contributed by atoms with Crippen LogP contribution in [0.2, 0.25) is 0 Å². The number of benzene rings is 1. The third-order valence-electron chi connectivity index (χ3n) is 3.70. The molecule has 108 valence electrons. The first-order valence-electron chi connectivity index (χ1n) is 7.04. The van der Waals surface area contributed by atoms with Crippen LogP contribution in [0.3, 0.4) is 0 Å². The Balaban J connectivity index is 2.07. The average molecular weight is 275 g/mol. The second-order valence-corrected chi connectivity index (χ2v) is 5.13. The Labute approximate surface area is 119 Å². The van der Waals surface area contributed by atoms with E-state index in [0.29, 0.717) is 0 Å². The van der Waals surface area contributed by atoms with E-state index >= 15 is 0 Å². The molecule has 1 unspecified atom stereocenters. The molecular weight excluding hydrogens is 253 g/mol. The van der Waals surface area contributed by atoms with Gasteiger partial charge in [0.05, 0.1) is 5.69 Å². The fourth-order valence-corrected chi connectivity index (χ4v) is 2.62. The second-order valence-electron chi connectivity index (χ2n) is 5.13. The number of hydrogen-bond acceptors (Lipinski definition) is 2. The zero-order valence-corrected chi connectivity index (χ0v) is 12.6. The number of rotatable bonds is 5. The molecular formula is C16H22FN3. The molecule has 0 spiro atoms. The van der Waals surface area contributed by atoms with Crippen molar-refractivity contribution in [3.63, 3.8) is 0 Å². The first-order valence-corrected chi connectivity index (χ1v) is 7.04. The summed E-state index contributed by atoms with van der Waals surface area (Å²) >= 11 is 0. The van der Waals surface area contributed by atoms with Crippen LogP contribution < -0.4 is 5.32 Å². The highest BCUT2D eigenvalue weighted by molar-refractivity contribution is 5.28. The van der Waals surface area contributed by atoms with Crippen molar-refractivity contribution in [2.45, 2.75) is 46.8 Å². The highest BCUT2D eigenvalue weighted by Gasteiger charge is 2.16. The van der Waals surface area contributed by atoms with Crippen molar-refractivity contribution in [1.29, 1.82) is 0 Å². The second kappa shape index (κ2) is 6.18. The van der Waals surface area contributed by atoms with Crippen LogP contribution in [0.4, 0.5) is 4.39 Å². The van der Waals surface area contributed by atoms with Gasteiger partial charge in [-0.15, -0.1) is 0 Å². The Hall–Kier alpha value is -1.68. The molecule has 0 saturated carbocycles. The van der Waals surface area contributed by atoms with E-state index in [2.05, 4.69) is 31.2 Å². The molecule has 1 heterocycles. The molecule has 0 aliphatic rings. The molecule has 20 heavy (non-hydrogen) atoms. The number of aromatic nitrogens is 2. The highest BCUT2D eigenvalue weighted by Crippen LogP contribution is 2.21. The van der Waals surface area contributed by atoms with E-state index < -0.39 is 0 Å². The number of hydrogen-bond donors (Lipinski definition) is 1. The molecule has 2 aromatic rings. The van der Waals surface area contributed by atoms with Crippen molar-refractivity contribution >= 4 is 0 Å². The van der Waals surface area contributed by atoms with E-state index in [4.69, 9.17) is 0 Å². The molecule has 0 saturated heterocycles. The molecule has 0 amide bonds. The average Bonchev–Trinajstić information content (AvgIpc) is 2.72. The predicted octanol–water partition coefficient (Wildman–Crippen LogP) is 3.51. The lowest BCUT2D eigenvalue weighted by Crippen LogP contribution is -2.19. The van der Waals surface area contributed by atoms with E-state index in [1.54, 1.807) is 0 Å². The minimum absolute atomic E-state index is 0.197. The van der Waals surface area contributed by atoms with Crippen molar-refractivity contribution in [3.8, 4) is 0 Å². The quantitative estimate of drug-likeness (QED) is 0.905. The summed E-state index contributed by atoms with van der Waals surface area (Å²) in [6, 6.07) is 6.83. The molecule has 1 atom stereocenters. The fourth-order valence-electron chi connectivity index (χ4n) is 2.62. The molecule has 0 radical (unpaired) electrons. The van der Waals surface area contributed by atoms with E-state index in [1.807, 2.05) is 23.7 Å². The van der Waals surface area contributed by atoms with Gasteiger partial charge < -0.3 is 5.32 Å². The van der Waals surface area contributed by atoms with Gasteiger partial charge in [-0.1, -0.05) is 12.1 Å². The SMILES string of the molecule is CCn1nc(C)c(C(C)NCc2ccc(F)cc2)c1C. The van der Waals surface area contributed by atoms with Gasteiger partial charge in [-0.3, -0.25) is 4.68 Å². The Morgan fingerprint density at radius 3 is 2.45 bits per heavy atom. The van der Waals surface area contributed by atoms with Gasteiger partial charge in [0.15, 0.2) is 0 Å². The minimum atomic E-state index is -0.197. The van der Waals surface area contributed by atoms with Gasteiger partial charge in [-0.25, -0.2) is 4.39 Å². The van der Waals surface area contributed by atoms with Crippen molar-refractivity contribution in [2.75, 3.05) is 0 Å². The minimum Gasteiger partial charge on any atom is -0.306 e. The first kappa shape index (κ1) is 14.7. The molecule has 0 aliphatic carbocycles. The zero-order valence-electron chi connectivity index (χ0n) is 12.6. The van der Waals surface area contributed by atoms with Crippen molar-refractivity contribution in [1.82, 2.24) is 15.1 Å². The molecule has 0 fully saturated rings. The van der Waals surface area contributed by atoms with Crippen LogP contribution in [-0.4, -0.2) is 9.78 Å². The summed E-state index contributed by atoms with van der Waals surface area (Å²) in [6.45, 7) is 9.99. The third kappa shape index (κ3) is 3.07. The molecule has 1 aromatic heterocycles. The Bertz CT molecular complexity index is 572. The number of halogens is 1. The highest BCUT2D eigenvalue weighted by atomic mass is 19.1. The van der Waals surface area contributed by atoms with Crippen LogP contribution in [0.1, 0.15) is 42.4 Å². The van der Waals surface area contributed by atoms with Crippen molar-refractivity contribution in [2.24, 2.45) is 0 Å². The number of nitrogens with one attached hydrogen (secondary N) is 1. The van der Waals surface area contributed by atoms with Gasteiger partial charge in [0, 0.05) is 30.4 Å². The normalized spacial score (nSPS) is 12.7. The maximum atomic E-state index is 12.9. The largest absolute Gasteiger partial charge is 0.306 e. The lowest BCUT2D eigenvalue weighted by molar-refractivity contribution is 0.565. The maximum absolute atomic E-state index is 12.9. The van der Waals surface area contributed by atoms with Crippen LogP contribution in [-0.2, 0) is 13.1 Å².